The smallest absolute Gasteiger partial charge is 0.410 e. The van der Waals surface area contributed by atoms with Crippen molar-refractivity contribution in [3.8, 4) is 11.5 Å². The lowest BCUT2D eigenvalue weighted by atomic mass is 10.2. The molecule has 0 aromatic heterocycles. The first-order valence-electron chi connectivity index (χ1n) is 8.42. The van der Waals surface area contributed by atoms with E-state index >= 15 is 0 Å². The highest BCUT2D eigenvalue weighted by atomic mass is 16.6. The molecule has 2 rings (SSSR count). The summed E-state index contributed by atoms with van der Waals surface area (Å²) in [4.78, 5) is 26.4. The first-order chi connectivity index (χ1) is 12.0. The molecule has 1 aliphatic heterocycles. The molecule has 0 aliphatic carbocycles. The number of ether oxygens (including phenoxy) is 3. The molecule has 25 heavy (non-hydrogen) atoms. The second kappa shape index (κ2) is 8.60. The summed E-state index contributed by atoms with van der Waals surface area (Å²) in [5, 5.41) is 2.83. The molecular weight excluding hydrogens is 324 g/mol. The predicted octanol–water partition coefficient (Wildman–Crippen LogP) is 2.90. The molecule has 138 valence electrons. The van der Waals surface area contributed by atoms with Gasteiger partial charge in [0.25, 0.3) is 0 Å². The number of nitrogens with zero attached hydrogens (tertiary/aromatic N) is 1. The van der Waals surface area contributed by atoms with Gasteiger partial charge in [0.05, 0.1) is 26.5 Å². The van der Waals surface area contributed by atoms with Crippen LogP contribution in [0, 0.1) is 5.92 Å². The standard InChI is InChI=1S/C18H26N2O5/c1-12(2)11-25-18(22)20-9-5-6-15(20)17(21)19-14-10-13(23-3)7-8-16(14)24-4/h7-8,10,12,15H,5-6,9,11H2,1-4H3,(H,19,21). The minimum absolute atomic E-state index is 0.250. The van der Waals surface area contributed by atoms with Crippen molar-refractivity contribution in [3.63, 3.8) is 0 Å². The van der Waals surface area contributed by atoms with Gasteiger partial charge in [0.1, 0.15) is 17.5 Å². The Kier molecular flexibility index (Phi) is 6.50. The maximum Gasteiger partial charge on any atom is 0.410 e. The zero-order valence-electron chi connectivity index (χ0n) is 15.2. The van der Waals surface area contributed by atoms with Crippen molar-refractivity contribution in [1.82, 2.24) is 4.90 Å². The molecule has 0 spiro atoms. The number of amides is 2. The predicted molar refractivity (Wildman–Crippen MR) is 94.1 cm³/mol. The summed E-state index contributed by atoms with van der Waals surface area (Å²) in [6.07, 6.45) is 0.933. The van der Waals surface area contributed by atoms with Crippen LogP contribution >= 0.6 is 0 Å². The SMILES string of the molecule is COc1ccc(OC)c(NC(=O)C2CCCN2C(=O)OCC(C)C)c1. The lowest BCUT2D eigenvalue weighted by Crippen LogP contribution is -2.43. The van der Waals surface area contributed by atoms with E-state index in [-0.39, 0.29) is 11.8 Å². The molecule has 1 atom stereocenters. The fourth-order valence-electron chi connectivity index (χ4n) is 2.71. The van der Waals surface area contributed by atoms with Crippen LogP contribution < -0.4 is 14.8 Å². The maximum absolute atomic E-state index is 12.7. The third-order valence-electron chi connectivity index (χ3n) is 3.99. The summed E-state index contributed by atoms with van der Waals surface area (Å²) >= 11 is 0. The highest BCUT2D eigenvalue weighted by Crippen LogP contribution is 2.30. The zero-order valence-corrected chi connectivity index (χ0v) is 15.2. The highest BCUT2D eigenvalue weighted by molar-refractivity contribution is 5.98. The number of hydrogen-bond acceptors (Lipinski definition) is 5. The quantitative estimate of drug-likeness (QED) is 0.854. The van der Waals surface area contributed by atoms with E-state index < -0.39 is 12.1 Å². The number of nitrogens with one attached hydrogen (secondary N) is 1. The van der Waals surface area contributed by atoms with Crippen LogP contribution in [0.4, 0.5) is 10.5 Å². The monoisotopic (exact) mass is 350 g/mol. The van der Waals surface area contributed by atoms with Crippen molar-refractivity contribution in [2.24, 2.45) is 5.92 Å². The largest absolute Gasteiger partial charge is 0.497 e. The Hall–Kier alpha value is -2.44. The molecule has 1 N–H and O–H groups in total. The van der Waals surface area contributed by atoms with Crippen LogP contribution in [0.2, 0.25) is 0 Å². The number of rotatable bonds is 6. The molecule has 0 bridgehead atoms. The number of likely N-dealkylation sites (tertiary alicyclic amines) is 1. The van der Waals surface area contributed by atoms with Gasteiger partial charge < -0.3 is 19.5 Å². The minimum atomic E-state index is -0.546. The molecular formula is C18H26N2O5. The Bertz CT molecular complexity index is 617. The van der Waals surface area contributed by atoms with Gasteiger partial charge in [0.15, 0.2) is 0 Å². The first-order valence-corrected chi connectivity index (χ1v) is 8.42. The number of carbonyl (C=O) groups is 2. The molecule has 0 radical (unpaired) electrons. The van der Waals surface area contributed by atoms with Crippen LogP contribution in [-0.4, -0.2) is 50.3 Å². The van der Waals surface area contributed by atoms with Crippen molar-refractivity contribution in [2.75, 3.05) is 32.7 Å². The van der Waals surface area contributed by atoms with Gasteiger partial charge in [-0.2, -0.15) is 0 Å². The Morgan fingerprint density at radius 2 is 2.04 bits per heavy atom. The minimum Gasteiger partial charge on any atom is -0.497 e. The fraction of sp³-hybridized carbons (Fsp3) is 0.556. The summed E-state index contributed by atoms with van der Waals surface area (Å²) < 4.78 is 15.7. The van der Waals surface area contributed by atoms with Crippen molar-refractivity contribution >= 4 is 17.7 Å². The van der Waals surface area contributed by atoms with Crippen LogP contribution in [0.1, 0.15) is 26.7 Å². The van der Waals surface area contributed by atoms with Crippen LogP contribution in [-0.2, 0) is 9.53 Å². The van der Waals surface area contributed by atoms with Crippen LogP contribution in [0.5, 0.6) is 11.5 Å². The Morgan fingerprint density at radius 1 is 1.28 bits per heavy atom. The van der Waals surface area contributed by atoms with Crippen LogP contribution in [0.25, 0.3) is 0 Å². The van der Waals surface area contributed by atoms with Gasteiger partial charge in [0, 0.05) is 12.6 Å². The van der Waals surface area contributed by atoms with E-state index in [1.165, 1.54) is 12.0 Å². The molecule has 1 unspecified atom stereocenters. The van der Waals surface area contributed by atoms with Crippen LogP contribution in [0.15, 0.2) is 18.2 Å². The number of hydrogen-bond donors (Lipinski definition) is 1. The maximum atomic E-state index is 12.7. The van der Waals surface area contributed by atoms with Gasteiger partial charge in [0.2, 0.25) is 5.91 Å². The summed E-state index contributed by atoms with van der Waals surface area (Å²) in [5.74, 6) is 1.13. The molecule has 0 saturated carbocycles. The third-order valence-corrected chi connectivity index (χ3v) is 3.99. The van der Waals surface area contributed by atoms with Gasteiger partial charge in [-0.25, -0.2) is 4.79 Å². The van der Waals surface area contributed by atoms with Crippen molar-refractivity contribution in [2.45, 2.75) is 32.7 Å². The lowest BCUT2D eigenvalue weighted by molar-refractivity contribution is -0.120. The van der Waals surface area contributed by atoms with Gasteiger partial charge in [-0.1, -0.05) is 13.8 Å². The highest BCUT2D eigenvalue weighted by Gasteiger charge is 2.35. The Balaban J connectivity index is 2.08. The average molecular weight is 350 g/mol. The van der Waals surface area contributed by atoms with Crippen LogP contribution in [0.3, 0.4) is 0 Å². The lowest BCUT2D eigenvalue weighted by Gasteiger charge is -2.24. The zero-order chi connectivity index (χ0) is 18.4. The molecule has 1 fully saturated rings. The van der Waals surface area contributed by atoms with E-state index in [1.54, 1.807) is 25.3 Å². The van der Waals surface area contributed by atoms with Gasteiger partial charge in [-0.15, -0.1) is 0 Å². The van der Waals surface area contributed by atoms with E-state index in [4.69, 9.17) is 14.2 Å². The van der Waals surface area contributed by atoms with Crippen molar-refractivity contribution in [1.29, 1.82) is 0 Å². The molecule has 7 nitrogen and oxygen atoms in total. The van der Waals surface area contributed by atoms with Gasteiger partial charge in [-0.3, -0.25) is 9.69 Å². The Labute approximate surface area is 148 Å². The van der Waals surface area contributed by atoms with E-state index in [1.807, 2.05) is 13.8 Å². The topological polar surface area (TPSA) is 77.1 Å². The van der Waals surface area contributed by atoms with Crippen molar-refractivity contribution in [3.05, 3.63) is 18.2 Å². The summed E-state index contributed by atoms with van der Waals surface area (Å²) in [6, 6.07) is 4.61. The summed E-state index contributed by atoms with van der Waals surface area (Å²) in [5.41, 5.74) is 0.509. The molecule has 1 saturated heterocycles. The molecule has 2 amide bonds. The molecule has 1 aliphatic rings. The molecule has 1 aromatic carbocycles. The van der Waals surface area contributed by atoms with E-state index in [0.717, 1.165) is 6.42 Å². The first kappa shape index (κ1) is 18.9. The van der Waals surface area contributed by atoms with E-state index in [2.05, 4.69) is 5.32 Å². The second-order valence-corrected chi connectivity index (χ2v) is 6.38. The van der Waals surface area contributed by atoms with Crippen molar-refractivity contribution < 1.29 is 23.8 Å². The molecule has 7 heteroatoms. The summed E-state index contributed by atoms with van der Waals surface area (Å²) in [6.45, 7) is 4.80. The number of methoxy groups -OCH3 is 2. The van der Waals surface area contributed by atoms with E-state index in [9.17, 15) is 9.59 Å². The third kappa shape index (κ3) is 4.78. The molecule has 1 heterocycles. The fourth-order valence-corrected chi connectivity index (χ4v) is 2.71. The normalized spacial score (nSPS) is 16.7. The van der Waals surface area contributed by atoms with E-state index in [0.29, 0.717) is 36.8 Å². The number of carbonyl (C=O) groups excluding carboxylic acids is 2. The average Bonchev–Trinajstić information content (AvgIpc) is 3.09. The number of benzene rings is 1. The Morgan fingerprint density at radius 3 is 2.68 bits per heavy atom. The summed E-state index contributed by atoms with van der Waals surface area (Å²) in [7, 11) is 3.08. The molecule has 1 aromatic rings. The number of anilines is 1. The van der Waals surface area contributed by atoms with Gasteiger partial charge in [-0.05, 0) is 30.9 Å². The van der Waals surface area contributed by atoms with Gasteiger partial charge >= 0.3 is 6.09 Å². The second-order valence-electron chi connectivity index (χ2n) is 6.38.